The number of hydrogen-bond donors (Lipinski definition) is 4. The number of cyclic esters (lactones) is 1. The van der Waals surface area contributed by atoms with Gasteiger partial charge in [0.1, 0.15) is 23.9 Å². The highest BCUT2D eigenvalue weighted by atomic mass is 16.5. The summed E-state index contributed by atoms with van der Waals surface area (Å²) in [6.45, 7) is 15.4. The number of β-amino-alcohol motifs (C(OH)–C–C–N with tert-alkyl or cyclic N) is 1. The molecular formula is C54H71N7O9. The Morgan fingerprint density at radius 2 is 1.80 bits per heavy atom. The summed E-state index contributed by atoms with van der Waals surface area (Å²) < 4.78 is 14.3. The van der Waals surface area contributed by atoms with Gasteiger partial charge in [-0.1, -0.05) is 64.6 Å². The van der Waals surface area contributed by atoms with Crippen LogP contribution in [0.4, 0.5) is 0 Å². The first-order chi connectivity index (χ1) is 33.2. The zero-order valence-electron chi connectivity index (χ0n) is 42.3. The highest BCUT2D eigenvalue weighted by Crippen LogP contribution is 2.42. The summed E-state index contributed by atoms with van der Waals surface area (Å²) in [4.78, 5) is 74.4. The average Bonchev–Trinajstić information content (AvgIpc) is 3.86. The van der Waals surface area contributed by atoms with Gasteiger partial charge in [0.2, 0.25) is 11.8 Å². The largest absolute Gasteiger partial charge is 0.508 e. The predicted octanol–water partition coefficient (Wildman–Crippen LogP) is 5.19. The van der Waals surface area contributed by atoms with E-state index in [9.17, 15) is 34.2 Å². The van der Waals surface area contributed by atoms with Crippen molar-refractivity contribution in [3.05, 3.63) is 89.5 Å². The summed E-state index contributed by atoms with van der Waals surface area (Å²) in [7, 11) is 7.22. The number of rotatable bonds is 12. The Hall–Kier alpha value is -6.07. The molecule has 70 heavy (non-hydrogen) atoms. The first kappa shape index (κ1) is 51.8. The number of fused-ring (bicyclic) bond motifs is 6. The maximum atomic E-state index is 14.8. The Bertz CT molecular complexity index is 2660. The van der Waals surface area contributed by atoms with Crippen LogP contribution in [-0.4, -0.2) is 142 Å². The number of aryl methyl sites for hydroxylation is 1. The first-order valence-electron chi connectivity index (χ1n) is 24.4. The van der Waals surface area contributed by atoms with E-state index in [1.807, 2.05) is 26.2 Å². The van der Waals surface area contributed by atoms with Gasteiger partial charge in [0.05, 0.1) is 25.5 Å². The van der Waals surface area contributed by atoms with Gasteiger partial charge in [-0.3, -0.25) is 29.0 Å². The Balaban J connectivity index is 1.32. The number of nitrogens with one attached hydrogen (secondary N) is 2. The molecule has 4 heterocycles. The van der Waals surface area contributed by atoms with Crippen LogP contribution in [0.1, 0.15) is 76.1 Å². The summed E-state index contributed by atoms with van der Waals surface area (Å²) in [5.41, 5.74) is 9.12. The molecule has 0 unspecified atom stereocenters. The minimum absolute atomic E-state index is 0.0227. The van der Waals surface area contributed by atoms with Gasteiger partial charge in [-0.15, -0.1) is 0 Å². The third kappa shape index (κ3) is 10.9. The number of aliphatic hydroxyl groups is 1. The molecule has 3 aliphatic rings. The molecule has 0 aliphatic carbocycles. The number of hydrazine groups is 1. The molecule has 2 saturated heterocycles. The zero-order chi connectivity index (χ0) is 50.8. The monoisotopic (exact) mass is 962 g/mol. The second kappa shape index (κ2) is 21.1. The third-order valence-corrected chi connectivity index (χ3v) is 13.8. The molecule has 4 atom stereocenters. The van der Waals surface area contributed by atoms with Crippen molar-refractivity contribution in [2.75, 3.05) is 54.5 Å². The number of ether oxygens (including phenoxy) is 2. The lowest BCUT2D eigenvalue weighted by molar-refractivity contribution is -0.156. The van der Waals surface area contributed by atoms with Crippen LogP contribution < -0.4 is 10.7 Å². The van der Waals surface area contributed by atoms with E-state index >= 15 is 0 Å². The maximum Gasteiger partial charge on any atom is 0.324 e. The Kier molecular flexibility index (Phi) is 15.6. The third-order valence-electron chi connectivity index (χ3n) is 13.8. The first-order valence-corrected chi connectivity index (χ1v) is 24.4. The van der Waals surface area contributed by atoms with Crippen LogP contribution in [0, 0.1) is 11.3 Å². The number of amides is 4. The minimum atomic E-state index is -1.93. The summed E-state index contributed by atoms with van der Waals surface area (Å²) >= 11 is 0. The molecule has 16 heteroatoms. The van der Waals surface area contributed by atoms with Crippen molar-refractivity contribution in [1.29, 1.82) is 0 Å². The van der Waals surface area contributed by atoms with Gasteiger partial charge < -0.3 is 44.3 Å². The van der Waals surface area contributed by atoms with Gasteiger partial charge in [0, 0.05) is 75.1 Å². The Labute approximate surface area is 411 Å². The predicted molar refractivity (Wildman–Crippen MR) is 268 cm³/mol. The van der Waals surface area contributed by atoms with E-state index in [4.69, 9.17) is 9.47 Å². The average molecular weight is 962 g/mol. The number of aromatic nitrogens is 1. The summed E-state index contributed by atoms with van der Waals surface area (Å²) in [5.74, 6) is -3.32. The lowest BCUT2D eigenvalue weighted by Crippen LogP contribution is -2.63. The number of phenolic OH excluding ortho intramolecular Hbond substituents is 1. The standard InChI is InChI=1S/C54H71N7O9/c1-11-46(63)59-21-19-54(68,31-59)52(67)58(9)47(33(3)4)49(64)55-44-25-35-23-37(26-39(62)24-35)36-16-18-45-41(27-36)42(28-53(5,6)32-70-51(66)43-14-13-20-61(56-43)50(44)65)48(60(45)12-2)40-17-15-34(29-57(7)8)22-38(40)30-69-10/h11,15-18,22-24,26-27,33,43-44,47,56,62,68H,1,12-14,19-21,25,28-32H2,2-10H3,(H,55,64)/t43-,44-,47-,54-/m0/s1. The van der Waals surface area contributed by atoms with Crippen LogP contribution in [0.2, 0.25) is 0 Å². The molecule has 0 radical (unpaired) electrons. The van der Waals surface area contributed by atoms with Crippen LogP contribution in [0.15, 0.2) is 67.3 Å². The van der Waals surface area contributed by atoms with E-state index in [2.05, 4.69) is 77.9 Å². The molecule has 16 nitrogen and oxygen atoms in total. The van der Waals surface area contributed by atoms with E-state index in [1.54, 1.807) is 33.1 Å². The lowest BCUT2D eigenvalue weighted by Gasteiger charge is -2.37. The fourth-order valence-corrected chi connectivity index (χ4v) is 10.6. The number of nitrogens with zero attached hydrogens (tertiary/aromatic N) is 5. The number of hydrogen-bond acceptors (Lipinski definition) is 11. The van der Waals surface area contributed by atoms with E-state index in [-0.39, 0.29) is 44.8 Å². The van der Waals surface area contributed by atoms with Gasteiger partial charge >= 0.3 is 5.97 Å². The van der Waals surface area contributed by atoms with Crippen molar-refractivity contribution in [3.63, 3.8) is 0 Å². The normalized spacial score (nSPS) is 21.1. The van der Waals surface area contributed by atoms with Gasteiger partial charge in [-0.25, -0.2) is 5.43 Å². The number of carbonyl (C=O) groups excluding carboxylic acids is 5. The number of esters is 1. The molecule has 4 aromatic rings. The number of likely N-dealkylation sites (tertiary alicyclic amines) is 1. The van der Waals surface area contributed by atoms with Gasteiger partial charge in [-0.05, 0) is 110 Å². The molecule has 7 rings (SSSR count). The van der Waals surface area contributed by atoms with Crippen LogP contribution in [0.5, 0.6) is 5.75 Å². The number of methoxy groups -OCH3 is 1. The van der Waals surface area contributed by atoms with Crippen molar-refractivity contribution in [2.24, 2.45) is 11.3 Å². The summed E-state index contributed by atoms with van der Waals surface area (Å²) in [6, 6.07) is 14.7. The minimum Gasteiger partial charge on any atom is -0.508 e. The second-order valence-electron chi connectivity index (χ2n) is 20.7. The number of aromatic hydroxyl groups is 1. The highest BCUT2D eigenvalue weighted by Gasteiger charge is 2.48. The lowest BCUT2D eigenvalue weighted by atomic mass is 9.83. The molecule has 3 aromatic carbocycles. The fourth-order valence-electron chi connectivity index (χ4n) is 10.6. The van der Waals surface area contributed by atoms with Crippen LogP contribution in [-0.2, 0) is 66.0 Å². The molecule has 1 aromatic heterocycles. The smallest absolute Gasteiger partial charge is 0.324 e. The number of carbonyl (C=O) groups is 5. The number of benzene rings is 3. The Morgan fingerprint density at radius 1 is 1.04 bits per heavy atom. The zero-order valence-corrected chi connectivity index (χ0v) is 42.3. The van der Waals surface area contributed by atoms with Crippen molar-refractivity contribution < 1.29 is 43.7 Å². The molecule has 0 spiro atoms. The van der Waals surface area contributed by atoms with Crippen molar-refractivity contribution in [1.82, 2.24) is 35.0 Å². The Morgan fingerprint density at radius 3 is 2.49 bits per heavy atom. The topological polar surface area (TPSA) is 186 Å². The van der Waals surface area contributed by atoms with E-state index in [0.717, 1.165) is 51.5 Å². The van der Waals surface area contributed by atoms with Crippen molar-refractivity contribution >= 4 is 40.5 Å². The number of likely N-dealkylation sites (N-methyl/N-ethyl adjacent to an activating group) is 1. The van der Waals surface area contributed by atoms with Crippen molar-refractivity contribution in [3.8, 4) is 28.1 Å². The molecule has 2 fully saturated rings. The van der Waals surface area contributed by atoms with Crippen LogP contribution >= 0.6 is 0 Å². The van der Waals surface area contributed by atoms with E-state index in [0.29, 0.717) is 43.5 Å². The summed E-state index contributed by atoms with van der Waals surface area (Å²) in [5, 5.41) is 28.2. The molecule has 4 amide bonds. The van der Waals surface area contributed by atoms with Crippen molar-refractivity contribution in [2.45, 2.75) is 110 Å². The maximum absolute atomic E-state index is 14.8. The summed E-state index contributed by atoms with van der Waals surface area (Å²) in [6.07, 6.45) is 2.49. The van der Waals surface area contributed by atoms with Crippen LogP contribution in [0.25, 0.3) is 33.3 Å². The molecule has 376 valence electrons. The van der Waals surface area contributed by atoms with Gasteiger partial charge in [0.25, 0.3) is 11.8 Å². The van der Waals surface area contributed by atoms with E-state index < -0.39 is 64.7 Å². The number of phenols is 1. The quantitative estimate of drug-likeness (QED) is 0.108. The molecule has 0 saturated carbocycles. The van der Waals surface area contributed by atoms with Gasteiger partial charge in [-0.2, -0.15) is 0 Å². The fraction of sp³-hybridized carbons (Fsp3) is 0.500. The molecule has 3 aliphatic heterocycles. The SMILES string of the molecule is C=CC(=O)N1CC[C@@](O)(C(=O)N(C)[C@H](C(=O)N[C@H]2Cc3cc(O)cc(c3)-c3ccc4c(c3)c(c(-c3ccc(CN(C)C)cc3COC)n4CC)CC(C)(C)COC(=O)[C@@H]3CCCN(N3)C2=O)C(C)C)C1. The van der Waals surface area contributed by atoms with E-state index in [1.165, 1.54) is 27.4 Å². The second-order valence-corrected chi connectivity index (χ2v) is 20.7. The molecule has 4 N–H and O–H groups in total. The van der Waals surface area contributed by atoms with Crippen LogP contribution in [0.3, 0.4) is 0 Å². The van der Waals surface area contributed by atoms with Gasteiger partial charge in [0.15, 0.2) is 5.60 Å². The highest BCUT2D eigenvalue weighted by molar-refractivity contribution is 5.97. The molecular weight excluding hydrogens is 891 g/mol. The molecule has 6 bridgehead atoms.